The maximum atomic E-state index is 15.2. The Kier molecular flexibility index (Phi) is 7.37. The molecule has 7 nitrogen and oxygen atoms in total. The fraction of sp³-hybridized carbons (Fsp3) is 0.517. The second kappa shape index (κ2) is 10.4. The van der Waals surface area contributed by atoms with E-state index in [0.29, 0.717) is 54.9 Å². The molecule has 1 aliphatic carbocycles. The lowest BCUT2D eigenvalue weighted by Gasteiger charge is -2.29. The number of carbonyl (C=O) groups is 1. The van der Waals surface area contributed by atoms with Gasteiger partial charge in [-0.05, 0) is 56.3 Å². The molecule has 1 atom stereocenters. The van der Waals surface area contributed by atoms with E-state index in [-0.39, 0.29) is 18.5 Å². The number of hydrogen-bond acceptors (Lipinski definition) is 5. The highest BCUT2D eigenvalue weighted by Gasteiger charge is 2.31. The Balaban J connectivity index is 1.50. The Bertz CT molecular complexity index is 1360. The summed E-state index contributed by atoms with van der Waals surface area (Å²) >= 11 is 0. The maximum absolute atomic E-state index is 15.2. The number of rotatable bonds is 10. The first-order chi connectivity index (χ1) is 18.1. The number of anilines is 1. The molecular formula is C29H39FN4O3Si. The number of nitrogen functional groups attached to an aromatic ring is 1. The van der Waals surface area contributed by atoms with Crippen LogP contribution in [0.4, 0.5) is 10.2 Å². The third kappa shape index (κ3) is 5.24. The normalized spacial score (nSPS) is 16.2. The van der Waals surface area contributed by atoms with Crippen molar-refractivity contribution in [2.45, 2.75) is 84.3 Å². The van der Waals surface area contributed by atoms with Crippen LogP contribution in [0.15, 0.2) is 24.3 Å². The van der Waals surface area contributed by atoms with Crippen LogP contribution in [0.2, 0.25) is 25.7 Å². The van der Waals surface area contributed by atoms with Crippen molar-refractivity contribution in [3.05, 3.63) is 58.0 Å². The monoisotopic (exact) mass is 538 g/mol. The van der Waals surface area contributed by atoms with Crippen molar-refractivity contribution in [1.82, 2.24) is 14.5 Å². The van der Waals surface area contributed by atoms with Crippen molar-refractivity contribution in [2.24, 2.45) is 0 Å². The molecule has 1 aliphatic heterocycles. The number of ether oxygens (including phenoxy) is 2. The van der Waals surface area contributed by atoms with Gasteiger partial charge in [0.25, 0.3) is 5.91 Å². The minimum absolute atomic E-state index is 0.191. The fourth-order valence-electron chi connectivity index (χ4n) is 5.31. The molecule has 0 spiro atoms. The molecule has 1 unspecified atom stereocenters. The summed E-state index contributed by atoms with van der Waals surface area (Å²) in [5.41, 5.74) is 11.6. The molecule has 9 heteroatoms. The number of hydrogen-bond donors (Lipinski definition) is 1. The molecule has 1 saturated carbocycles. The molecule has 5 rings (SSSR count). The smallest absolute Gasteiger partial charge is 0.271 e. The Labute approximate surface area is 225 Å². The van der Waals surface area contributed by atoms with Gasteiger partial charge in [0.05, 0.1) is 30.3 Å². The van der Waals surface area contributed by atoms with Crippen LogP contribution in [0, 0.1) is 5.82 Å². The number of nitrogens with zero attached hydrogens (tertiary/aromatic N) is 3. The lowest BCUT2D eigenvalue weighted by Crippen LogP contribution is -2.35. The van der Waals surface area contributed by atoms with E-state index in [0.717, 1.165) is 41.1 Å². The quantitative estimate of drug-likeness (QED) is 0.245. The van der Waals surface area contributed by atoms with Crippen LogP contribution in [0.1, 0.15) is 71.4 Å². The minimum atomic E-state index is -1.28. The standard InChI is InChI=1S/C29H39FN4O3Si/c1-6-33(18(2)21-10-9-20(13-24(21)30)19-7-8-19)29(35)26-14-25-27(22-15-37-16-23(22)28(31)32-25)34(26)17-36-11-12-38(3,4)5/h9-10,13-14,18-19H,6-8,11-12,15-17H2,1-5H3,(H2,31,32). The van der Waals surface area contributed by atoms with Crippen molar-refractivity contribution in [1.29, 1.82) is 0 Å². The van der Waals surface area contributed by atoms with Crippen LogP contribution in [0.3, 0.4) is 0 Å². The highest BCUT2D eigenvalue weighted by atomic mass is 28.3. The number of nitrogens with two attached hydrogens (primary N) is 1. The van der Waals surface area contributed by atoms with Crippen LogP contribution >= 0.6 is 0 Å². The van der Waals surface area contributed by atoms with Gasteiger partial charge in [0.1, 0.15) is 24.1 Å². The summed E-state index contributed by atoms with van der Waals surface area (Å²) in [6, 6.07) is 7.86. The first kappa shape index (κ1) is 26.8. The molecule has 2 N–H and O–H groups in total. The van der Waals surface area contributed by atoms with E-state index in [1.807, 2.05) is 30.5 Å². The molecule has 2 aliphatic rings. The van der Waals surface area contributed by atoms with Gasteiger partial charge < -0.3 is 24.7 Å². The highest BCUT2D eigenvalue weighted by Crippen LogP contribution is 2.41. The second-order valence-corrected chi connectivity index (χ2v) is 17.4. The number of fused-ring (bicyclic) bond motifs is 3. The lowest BCUT2D eigenvalue weighted by molar-refractivity contribution is 0.0635. The van der Waals surface area contributed by atoms with E-state index in [9.17, 15) is 4.79 Å². The van der Waals surface area contributed by atoms with Gasteiger partial charge in [-0.15, -0.1) is 0 Å². The van der Waals surface area contributed by atoms with Gasteiger partial charge in [0.15, 0.2) is 0 Å². The number of aromatic nitrogens is 2. The van der Waals surface area contributed by atoms with Crippen molar-refractivity contribution in [3.8, 4) is 0 Å². The molecule has 3 aromatic rings. The zero-order chi connectivity index (χ0) is 27.2. The highest BCUT2D eigenvalue weighted by molar-refractivity contribution is 6.76. The van der Waals surface area contributed by atoms with Gasteiger partial charge in [-0.2, -0.15) is 0 Å². The fourth-order valence-corrected chi connectivity index (χ4v) is 6.07. The van der Waals surface area contributed by atoms with Gasteiger partial charge in [-0.25, -0.2) is 9.37 Å². The van der Waals surface area contributed by atoms with E-state index < -0.39 is 14.1 Å². The summed E-state index contributed by atoms with van der Waals surface area (Å²) in [5, 5.41) is 0. The molecule has 2 aromatic heterocycles. The average molecular weight is 539 g/mol. The molecule has 1 fully saturated rings. The molecule has 1 aromatic carbocycles. The predicted octanol–water partition coefficient (Wildman–Crippen LogP) is 6.20. The van der Waals surface area contributed by atoms with E-state index in [1.165, 1.54) is 0 Å². The molecule has 0 radical (unpaired) electrons. The maximum Gasteiger partial charge on any atom is 0.271 e. The molecule has 38 heavy (non-hydrogen) atoms. The first-order valence-electron chi connectivity index (χ1n) is 13.6. The van der Waals surface area contributed by atoms with E-state index in [1.54, 1.807) is 17.0 Å². The van der Waals surface area contributed by atoms with Crippen LogP contribution in [0.25, 0.3) is 11.0 Å². The predicted molar refractivity (Wildman–Crippen MR) is 150 cm³/mol. The van der Waals surface area contributed by atoms with Crippen LogP contribution < -0.4 is 5.73 Å². The Hall–Kier alpha value is -2.75. The molecule has 204 valence electrons. The minimum Gasteiger partial charge on any atom is -0.383 e. The Morgan fingerprint density at radius 2 is 2.00 bits per heavy atom. The number of benzene rings is 1. The van der Waals surface area contributed by atoms with Gasteiger partial charge in [0.2, 0.25) is 0 Å². The molecule has 0 bridgehead atoms. The molecular weight excluding hydrogens is 499 g/mol. The Morgan fingerprint density at radius 1 is 1.26 bits per heavy atom. The van der Waals surface area contributed by atoms with Crippen LogP contribution in [-0.2, 0) is 29.4 Å². The van der Waals surface area contributed by atoms with Crippen LogP contribution in [0.5, 0.6) is 0 Å². The molecule has 1 amide bonds. The second-order valence-electron chi connectivity index (χ2n) is 11.8. The van der Waals surface area contributed by atoms with Crippen molar-refractivity contribution in [2.75, 3.05) is 18.9 Å². The van der Waals surface area contributed by atoms with Crippen molar-refractivity contribution >= 4 is 30.8 Å². The van der Waals surface area contributed by atoms with E-state index >= 15 is 4.39 Å². The lowest BCUT2D eigenvalue weighted by atomic mass is 10.0. The van der Waals surface area contributed by atoms with E-state index in [2.05, 4.69) is 24.6 Å². The van der Waals surface area contributed by atoms with Gasteiger partial charge in [-0.1, -0.05) is 31.8 Å². The van der Waals surface area contributed by atoms with Gasteiger partial charge in [-0.3, -0.25) is 4.79 Å². The van der Waals surface area contributed by atoms with Crippen LogP contribution in [-0.4, -0.2) is 41.6 Å². The van der Waals surface area contributed by atoms with E-state index in [4.69, 9.17) is 15.2 Å². The van der Waals surface area contributed by atoms with Gasteiger partial charge >= 0.3 is 0 Å². The average Bonchev–Trinajstić information content (AvgIpc) is 3.48. The van der Waals surface area contributed by atoms with Crippen molar-refractivity contribution in [3.63, 3.8) is 0 Å². The summed E-state index contributed by atoms with van der Waals surface area (Å²) in [6.45, 7) is 12.8. The van der Waals surface area contributed by atoms with Gasteiger partial charge in [0, 0.05) is 37.9 Å². The topological polar surface area (TPSA) is 82.6 Å². The summed E-state index contributed by atoms with van der Waals surface area (Å²) in [4.78, 5) is 20.4. The molecule has 3 heterocycles. The largest absolute Gasteiger partial charge is 0.383 e. The number of pyridine rings is 1. The first-order valence-corrected chi connectivity index (χ1v) is 17.4. The number of halogens is 1. The summed E-state index contributed by atoms with van der Waals surface area (Å²) in [5.74, 6) is 0.455. The number of carbonyl (C=O) groups excluding carboxylic acids is 1. The third-order valence-electron chi connectivity index (χ3n) is 7.80. The zero-order valence-corrected chi connectivity index (χ0v) is 24.1. The summed E-state index contributed by atoms with van der Waals surface area (Å²) in [7, 11) is -1.28. The third-order valence-corrected chi connectivity index (χ3v) is 9.50. The summed E-state index contributed by atoms with van der Waals surface area (Å²) in [6.07, 6.45) is 2.23. The SMILES string of the molecule is CCN(C(=O)c1cc2nc(N)c3c(c2n1COCC[Si](C)(C)C)COC3)C(C)c1ccc(C2CC2)cc1F. The number of amides is 1. The van der Waals surface area contributed by atoms with Crippen molar-refractivity contribution < 1.29 is 18.7 Å². The Morgan fingerprint density at radius 3 is 2.66 bits per heavy atom. The summed E-state index contributed by atoms with van der Waals surface area (Å²) < 4.78 is 28.9. The molecule has 0 saturated heterocycles. The zero-order valence-electron chi connectivity index (χ0n) is 23.1.